The lowest BCUT2D eigenvalue weighted by Crippen LogP contribution is -2.60. The number of halogens is 1. The molecule has 1 fully saturated rings. The summed E-state index contributed by atoms with van der Waals surface area (Å²) in [5.74, 6) is 0.152. The van der Waals surface area contributed by atoms with Crippen LogP contribution < -0.4 is 5.32 Å². The zero-order valence-corrected chi connectivity index (χ0v) is 9.72. The number of amides is 1. The molecule has 3 nitrogen and oxygen atoms in total. The SMILES string of the molecule is CC1(C)CNC(=O)CN1CCI. The summed E-state index contributed by atoms with van der Waals surface area (Å²) in [6.45, 7) is 6.65. The van der Waals surface area contributed by atoms with Gasteiger partial charge in [-0.1, -0.05) is 22.6 Å². The molecular formula is C8H15IN2O. The Balaban J connectivity index is 2.58. The van der Waals surface area contributed by atoms with Gasteiger partial charge >= 0.3 is 0 Å². The molecule has 1 N–H and O–H groups in total. The van der Waals surface area contributed by atoms with Crippen LogP contribution in [0.3, 0.4) is 0 Å². The monoisotopic (exact) mass is 282 g/mol. The van der Waals surface area contributed by atoms with Crippen molar-refractivity contribution in [3.63, 3.8) is 0 Å². The second-order valence-corrected chi connectivity index (χ2v) is 4.78. The van der Waals surface area contributed by atoms with Gasteiger partial charge in [-0.25, -0.2) is 0 Å². The van der Waals surface area contributed by atoms with Gasteiger partial charge in [-0.05, 0) is 13.8 Å². The Hall–Kier alpha value is 0.160. The number of carbonyl (C=O) groups is 1. The number of rotatable bonds is 2. The van der Waals surface area contributed by atoms with E-state index in [2.05, 4.69) is 46.7 Å². The van der Waals surface area contributed by atoms with Crippen molar-refractivity contribution in [2.45, 2.75) is 19.4 Å². The molecule has 0 aliphatic carbocycles. The van der Waals surface area contributed by atoms with Crippen molar-refractivity contribution in [3.05, 3.63) is 0 Å². The second-order valence-electron chi connectivity index (χ2n) is 3.70. The minimum absolute atomic E-state index is 0.124. The van der Waals surface area contributed by atoms with Crippen LogP contribution in [-0.2, 0) is 4.79 Å². The van der Waals surface area contributed by atoms with Crippen molar-refractivity contribution < 1.29 is 4.79 Å². The second kappa shape index (κ2) is 3.91. The summed E-state index contributed by atoms with van der Waals surface area (Å²) in [7, 11) is 0. The van der Waals surface area contributed by atoms with Gasteiger partial charge in [-0.2, -0.15) is 0 Å². The molecule has 12 heavy (non-hydrogen) atoms. The van der Waals surface area contributed by atoms with Crippen LogP contribution in [0.2, 0.25) is 0 Å². The molecule has 0 aromatic rings. The van der Waals surface area contributed by atoms with E-state index in [1.807, 2.05) is 0 Å². The lowest BCUT2D eigenvalue weighted by molar-refractivity contribution is -0.127. The molecule has 1 aliphatic heterocycles. The fourth-order valence-corrected chi connectivity index (χ4v) is 1.94. The molecule has 0 atom stereocenters. The highest BCUT2D eigenvalue weighted by Crippen LogP contribution is 2.16. The van der Waals surface area contributed by atoms with E-state index in [-0.39, 0.29) is 11.4 Å². The third-order valence-corrected chi connectivity index (χ3v) is 2.75. The Morgan fingerprint density at radius 2 is 2.33 bits per heavy atom. The number of hydrogen-bond donors (Lipinski definition) is 1. The number of nitrogens with one attached hydrogen (secondary N) is 1. The maximum Gasteiger partial charge on any atom is 0.234 e. The van der Waals surface area contributed by atoms with Crippen LogP contribution in [0.1, 0.15) is 13.8 Å². The predicted molar refractivity (Wildman–Crippen MR) is 57.5 cm³/mol. The van der Waals surface area contributed by atoms with Crippen LogP contribution in [-0.4, -0.2) is 40.4 Å². The van der Waals surface area contributed by atoms with Gasteiger partial charge < -0.3 is 5.32 Å². The van der Waals surface area contributed by atoms with Crippen LogP contribution in [0.4, 0.5) is 0 Å². The normalized spacial score (nSPS) is 23.8. The van der Waals surface area contributed by atoms with Crippen LogP contribution in [0.15, 0.2) is 0 Å². The number of piperazine rings is 1. The van der Waals surface area contributed by atoms with Crippen molar-refractivity contribution >= 4 is 28.5 Å². The van der Waals surface area contributed by atoms with Gasteiger partial charge in [-0.3, -0.25) is 9.69 Å². The van der Waals surface area contributed by atoms with E-state index >= 15 is 0 Å². The number of alkyl halides is 1. The first-order valence-electron chi connectivity index (χ1n) is 4.14. The summed E-state index contributed by atoms with van der Waals surface area (Å²) in [5, 5.41) is 2.88. The standard InChI is InChI=1S/C8H15IN2O/c1-8(2)6-10-7(12)5-11(8)4-3-9/h3-6H2,1-2H3,(H,10,12). The van der Waals surface area contributed by atoms with Gasteiger partial charge in [0.25, 0.3) is 0 Å². The lowest BCUT2D eigenvalue weighted by atomic mass is 10.0. The third kappa shape index (κ3) is 2.32. The Kier molecular flexibility index (Phi) is 3.34. The van der Waals surface area contributed by atoms with E-state index < -0.39 is 0 Å². The summed E-state index contributed by atoms with van der Waals surface area (Å²) in [6, 6.07) is 0. The van der Waals surface area contributed by atoms with Crippen molar-refractivity contribution in [1.82, 2.24) is 10.2 Å². The first-order chi connectivity index (χ1) is 5.56. The van der Waals surface area contributed by atoms with E-state index in [9.17, 15) is 4.79 Å². The van der Waals surface area contributed by atoms with Gasteiger partial charge in [0, 0.05) is 23.1 Å². The minimum atomic E-state index is 0.124. The zero-order valence-electron chi connectivity index (χ0n) is 7.56. The zero-order chi connectivity index (χ0) is 9.19. The highest BCUT2D eigenvalue weighted by molar-refractivity contribution is 14.1. The molecule has 0 unspecified atom stereocenters. The van der Waals surface area contributed by atoms with Crippen molar-refractivity contribution in [3.8, 4) is 0 Å². The van der Waals surface area contributed by atoms with Gasteiger partial charge in [0.05, 0.1) is 6.54 Å². The lowest BCUT2D eigenvalue weighted by Gasteiger charge is -2.41. The number of carbonyl (C=O) groups excluding carboxylic acids is 1. The number of nitrogens with zero attached hydrogens (tertiary/aromatic N) is 1. The maximum atomic E-state index is 11.1. The highest BCUT2D eigenvalue weighted by Gasteiger charge is 2.32. The van der Waals surface area contributed by atoms with Crippen LogP contribution in [0, 0.1) is 0 Å². The van der Waals surface area contributed by atoms with Crippen molar-refractivity contribution in [1.29, 1.82) is 0 Å². The Labute approximate surface area is 87.0 Å². The van der Waals surface area contributed by atoms with E-state index in [4.69, 9.17) is 0 Å². The quantitative estimate of drug-likeness (QED) is 0.595. The molecule has 0 saturated carbocycles. The topological polar surface area (TPSA) is 32.3 Å². The van der Waals surface area contributed by atoms with E-state index in [1.165, 1.54) is 0 Å². The van der Waals surface area contributed by atoms with E-state index in [0.717, 1.165) is 17.5 Å². The summed E-state index contributed by atoms with van der Waals surface area (Å²) in [5.41, 5.74) is 0.124. The average molecular weight is 282 g/mol. The first kappa shape index (κ1) is 10.2. The highest BCUT2D eigenvalue weighted by atomic mass is 127. The Bertz CT molecular complexity index is 182. The third-order valence-electron chi connectivity index (χ3n) is 2.26. The molecule has 4 heteroatoms. The Morgan fingerprint density at radius 3 is 2.92 bits per heavy atom. The molecule has 1 rings (SSSR count). The molecule has 1 saturated heterocycles. The Morgan fingerprint density at radius 1 is 1.67 bits per heavy atom. The van der Waals surface area contributed by atoms with Crippen molar-refractivity contribution in [2.24, 2.45) is 0 Å². The van der Waals surface area contributed by atoms with Crippen LogP contribution in [0.25, 0.3) is 0 Å². The molecular weight excluding hydrogens is 267 g/mol. The largest absolute Gasteiger partial charge is 0.353 e. The summed E-state index contributed by atoms with van der Waals surface area (Å²) < 4.78 is 1.08. The summed E-state index contributed by atoms with van der Waals surface area (Å²) >= 11 is 2.34. The van der Waals surface area contributed by atoms with Gasteiger partial charge in [0.2, 0.25) is 5.91 Å². The van der Waals surface area contributed by atoms with E-state index in [0.29, 0.717) is 6.54 Å². The molecule has 0 aromatic heterocycles. The fraction of sp³-hybridized carbons (Fsp3) is 0.875. The summed E-state index contributed by atoms with van der Waals surface area (Å²) in [4.78, 5) is 13.3. The van der Waals surface area contributed by atoms with Crippen LogP contribution in [0.5, 0.6) is 0 Å². The van der Waals surface area contributed by atoms with E-state index in [1.54, 1.807) is 0 Å². The summed E-state index contributed by atoms with van der Waals surface area (Å²) in [6.07, 6.45) is 0. The first-order valence-corrected chi connectivity index (χ1v) is 5.66. The molecule has 0 aromatic carbocycles. The molecule has 0 spiro atoms. The van der Waals surface area contributed by atoms with Gasteiger partial charge in [0.15, 0.2) is 0 Å². The number of hydrogen-bond acceptors (Lipinski definition) is 2. The van der Waals surface area contributed by atoms with Crippen LogP contribution >= 0.6 is 22.6 Å². The smallest absolute Gasteiger partial charge is 0.234 e. The molecule has 70 valence electrons. The molecule has 1 heterocycles. The van der Waals surface area contributed by atoms with Crippen molar-refractivity contribution in [2.75, 3.05) is 24.1 Å². The minimum Gasteiger partial charge on any atom is -0.353 e. The predicted octanol–water partition coefficient (Wildman–Crippen LogP) is 0.632. The van der Waals surface area contributed by atoms with Gasteiger partial charge in [-0.15, -0.1) is 0 Å². The molecule has 0 bridgehead atoms. The fourth-order valence-electron chi connectivity index (χ4n) is 1.35. The van der Waals surface area contributed by atoms with Gasteiger partial charge in [0.1, 0.15) is 0 Å². The maximum absolute atomic E-state index is 11.1. The molecule has 1 aliphatic rings. The average Bonchev–Trinajstić information content (AvgIpc) is 1.98. The molecule has 1 amide bonds. The molecule has 0 radical (unpaired) electrons.